The van der Waals surface area contributed by atoms with Gasteiger partial charge < -0.3 is 10.2 Å². The molecule has 0 aliphatic heterocycles. The van der Waals surface area contributed by atoms with Gasteiger partial charge >= 0.3 is 0 Å². The van der Waals surface area contributed by atoms with E-state index >= 15 is 0 Å². The minimum Gasteiger partial charge on any atom is -0.392 e. The third-order valence-electron chi connectivity index (χ3n) is 2.63. The lowest BCUT2D eigenvalue weighted by atomic mass is 9.85. The van der Waals surface area contributed by atoms with E-state index in [2.05, 4.69) is 0 Å². The first kappa shape index (κ1) is 12.2. The number of hydrogen-bond acceptors (Lipinski definition) is 2. The first-order chi connectivity index (χ1) is 6.91. The summed E-state index contributed by atoms with van der Waals surface area (Å²) in [5.41, 5.74) is 0.677. The van der Waals surface area contributed by atoms with E-state index in [0.717, 1.165) is 5.56 Å². The molecular weight excluding hydrogens is 188 g/mol. The summed E-state index contributed by atoms with van der Waals surface area (Å²) < 4.78 is 0. The van der Waals surface area contributed by atoms with Crippen molar-refractivity contribution in [2.45, 2.75) is 39.4 Å². The van der Waals surface area contributed by atoms with Crippen LogP contribution in [-0.4, -0.2) is 16.3 Å². The topological polar surface area (TPSA) is 40.5 Å². The molecule has 1 aromatic carbocycles. The summed E-state index contributed by atoms with van der Waals surface area (Å²) in [5.74, 6) is 0. The van der Waals surface area contributed by atoms with Crippen LogP contribution in [0.3, 0.4) is 0 Å². The number of aliphatic hydroxyl groups excluding tert-OH is 2. The van der Waals surface area contributed by atoms with Crippen molar-refractivity contribution in [3.8, 4) is 0 Å². The maximum absolute atomic E-state index is 9.89. The largest absolute Gasteiger partial charge is 0.392 e. The average molecular weight is 208 g/mol. The Morgan fingerprint density at radius 1 is 1.07 bits per heavy atom. The third-order valence-corrected chi connectivity index (χ3v) is 2.63. The van der Waals surface area contributed by atoms with Crippen LogP contribution in [0.5, 0.6) is 0 Å². The Labute approximate surface area is 91.6 Å². The smallest absolute Gasteiger partial charge is 0.0814 e. The van der Waals surface area contributed by atoms with Crippen LogP contribution in [0, 0.1) is 5.41 Å². The molecule has 0 heterocycles. The van der Waals surface area contributed by atoms with E-state index in [9.17, 15) is 10.2 Å². The van der Waals surface area contributed by atoms with Gasteiger partial charge in [0, 0.05) is 6.42 Å². The van der Waals surface area contributed by atoms with Crippen LogP contribution in [0.2, 0.25) is 0 Å². The Hall–Kier alpha value is -0.860. The number of rotatable bonds is 3. The van der Waals surface area contributed by atoms with Crippen molar-refractivity contribution in [3.63, 3.8) is 0 Å². The molecule has 2 atom stereocenters. The number of benzene rings is 1. The van der Waals surface area contributed by atoms with Gasteiger partial charge in [-0.2, -0.15) is 0 Å². The molecule has 0 saturated heterocycles. The predicted octanol–water partition coefficient (Wildman–Crippen LogP) is 2.52. The summed E-state index contributed by atoms with van der Waals surface area (Å²) in [4.78, 5) is 0. The van der Waals surface area contributed by atoms with E-state index < -0.39 is 12.2 Å². The first-order valence-electron chi connectivity index (χ1n) is 5.32. The fourth-order valence-electron chi connectivity index (χ4n) is 1.38. The van der Waals surface area contributed by atoms with E-state index in [-0.39, 0.29) is 5.41 Å². The standard InChI is InChI=1S/C13H20O2/c1-13(2,3)12(15)9-11(14)10-7-5-4-6-8-10/h4-8,11-12,14-15H,9H2,1-3H3/t11-,12+/m0/s1. The number of hydrogen-bond donors (Lipinski definition) is 2. The van der Waals surface area contributed by atoms with Gasteiger partial charge in [0.05, 0.1) is 12.2 Å². The molecule has 0 saturated carbocycles. The minimum absolute atomic E-state index is 0.185. The molecule has 2 N–H and O–H groups in total. The molecule has 15 heavy (non-hydrogen) atoms. The van der Waals surface area contributed by atoms with Crippen LogP contribution < -0.4 is 0 Å². The Morgan fingerprint density at radius 2 is 1.60 bits per heavy atom. The van der Waals surface area contributed by atoms with Crippen molar-refractivity contribution in [1.82, 2.24) is 0 Å². The van der Waals surface area contributed by atoms with Crippen molar-refractivity contribution in [2.75, 3.05) is 0 Å². The SMILES string of the molecule is CC(C)(C)[C@H](O)C[C@H](O)c1ccccc1. The number of aliphatic hydroxyl groups is 2. The van der Waals surface area contributed by atoms with Gasteiger partial charge in [0.1, 0.15) is 0 Å². The molecule has 0 unspecified atom stereocenters. The maximum Gasteiger partial charge on any atom is 0.0814 e. The minimum atomic E-state index is -0.583. The first-order valence-corrected chi connectivity index (χ1v) is 5.32. The van der Waals surface area contributed by atoms with Crippen molar-refractivity contribution in [2.24, 2.45) is 5.41 Å². The lowest BCUT2D eigenvalue weighted by Gasteiger charge is -2.27. The van der Waals surface area contributed by atoms with Crippen LogP contribution in [0.4, 0.5) is 0 Å². The lowest BCUT2D eigenvalue weighted by Crippen LogP contribution is -2.27. The van der Waals surface area contributed by atoms with Crippen molar-refractivity contribution in [3.05, 3.63) is 35.9 Å². The van der Waals surface area contributed by atoms with Gasteiger partial charge in [-0.3, -0.25) is 0 Å². The van der Waals surface area contributed by atoms with Crippen molar-refractivity contribution in [1.29, 1.82) is 0 Å². The molecule has 1 aromatic rings. The summed E-state index contributed by atoms with van der Waals surface area (Å²) >= 11 is 0. The van der Waals surface area contributed by atoms with Gasteiger partial charge in [0.15, 0.2) is 0 Å². The van der Waals surface area contributed by atoms with E-state index in [0.29, 0.717) is 6.42 Å². The Balaban J connectivity index is 2.61. The van der Waals surface area contributed by atoms with Gasteiger partial charge in [-0.25, -0.2) is 0 Å². The van der Waals surface area contributed by atoms with E-state index in [4.69, 9.17) is 0 Å². The van der Waals surface area contributed by atoms with E-state index in [1.165, 1.54) is 0 Å². The molecule has 0 radical (unpaired) electrons. The zero-order valence-electron chi connectivity index (χ0n) is 9.64. The molecular formula is C13H20O2. The fraction of sp³-hybridized carbons (Fsp3) is 0.538. The molecule has 0 fully saturated rings. The summed E-state index contributed by atoms with van der Waals surface area (Å²) in [6.45, 7) is 5.90. The highest BCUT2D eigenvalue weighted by Gasteiger charge is 2.25. The summed E-state index contributed by atoms with van der Waals surface area (Å²) in [5, 5.41) is 19.8. The van der Waals surface area contributed by atoms with Gasteiger partial charge in [-0.05, 0) is 11.0 Å². The second-order valence-corrected chi connectivity index (χ2v) is 5.04. The van der Waals surface area contributed by atoms with E-state index in [1.807, 2.05) is 51.1 Å². The van der Waals surface area contributed by atoms with Crippen LogP contribution >= 0.6 is 0 Å². The van der Waals surface area contributed by atoms with Gasteiger partial charge in [0.25, 0.3) is 0 Å². The Kier molecular flexibility index (Phi) is 3.89. The summed E-state index contributed by atoms with van der Waals surface area (Å²) in [6.07, 6.45) is -0.693. The molecule has 0 aliphatic carbocycles. The highest BCUT2D eigenvalue weighted by Crippen LogP contribution is 2.27. The average Bonchev–Trinajstić information content (AvgIpc) is 2.17. The van der Waals surface area contributed by atoms with Crippen molar-refractivity contribution < 1.29 is 10.2 Å². The molecule has 0 amide bonds. The molecule has 0 bridgehead atoms. The lowest BCUT2D eigenvalue weighted by molar-refractivity contribution is 0.0130. The van der Waals surface area contributed by atoms with Crippen molar-refractivity contribution >= 4 is 0 Å². The second kappa shape index (κ2) is 4.77. The Bertz CT molecular complexity index is 287. The highest BCUT2D eigenvalue weighted by atomic mass is 16.3. The predicted molar refractivity (Wildman–Crippen MR) is 61.5 cm³/mol. The quantitative estimate of drug-likeness (QED) is 0.801. The summed E-state index contributed by atoms with van der Waals surface area (Å²) in [6, 6.07) is 9.44. The molecule has 0 aliphatic rings. The zero-order chi connectivity index (χ0) is 11.5. The van der Waals surface area contributed by atoms with Crippen LogP contribution in [0.25, 0.3) is 0 Å². The van der Waals surface area contributed by atoms with Crippen LogP contribution in [0.15, 0.2) is 30.3 Å². The molecule has 84 valence electrons. The van der Waals surface area contributed by atoms with Crippen LogP contribution in [0.1, 0.15) is 38.9 Å². The normalized spacial score (nSPS) is 16.1. The maximum atomic E-state index is 9.89. The Morgan fingerprint density at radius 3 is 2.07 bits per heavy atom. The van der Waals surface area contributed by atoms with Gasteiger partial charge in [-0.1, -0.05) is 51.1 Å². The monoisotopic (exact) mass is 208 g/mol. The zero-order valence-corrected chi connectivity index (χ0v) is 9.64. The molecule has 0 aromatic heterocycles. The molecule has 0 spiro atoms. The molecule has 2 nitrogen and oxygen atoms in total. The summed E-state index contributed by atoms with van der Waals surface area (Å²) in [7, 11) is 0. The highest BCUT2D eigenvalue weighted by molar-refractivity contribution is 5.17. The van der Waals surface area contributed by atoms with E-state index in [1.54, 1.807) is 0 Å². The molecule has 1 rings (SSSR count). The second-order valence-electron chi connectivity index (χ2n) is 5.04. The van der Waals surface area contributed by atoms with Gasteiger partial charge in [-0.15, -0.1) is 0 Å². The van der Waals surface area contributed by atoms with Gasteiger partial charge in [0.2, 0.25) is 0 Å². The van der Waals surface area contributed by atoms with Crippen LogP contribution in [-0.2, 0) is 0 Å². The fourth-order valence-corrected chi connectivity index (χ4v) is 1.38. The molecule has 2 heteroatoms. The third kappa shape index (κ3) is 3.65.